The third-order valence-corrected chi connectivity index (χ3v) is 4.36. The van der Waals surface area contributed by atoms with Gasteiger partial charge in [0, 0.05) is 6.54 Å². The molecule has 0 saturated carbocycles. The van der Waals surface area contributed by atoms with E-state index in [1.54, 1.807) is 6.33 Å². The molecule has 1 aliphatic heterocycles. The van der Waals surface area contributed by atoms with Crippen LogP contribution in [0.15, 0.2) is 6.33 Å². The lowest BCUT2D eigenvalue weighted by Crippen LogP contribution is -2.44. The van der Waals surface area contributed by atoms with Crippen LogP contribution >= 0.6 is 0 Å². The maximum atomic E-state index is 11.5. The van der Waals surface area contributed by atoms with Gasteiger partial charge in [0.1, 0.15) is 12.2 Å². The lowest BCUT2D eigenvalue weighted by atomic mass is 9.75. The fourth-order valence-electron chi connectivity index (χ4n) is 3.06. The summed E-state index contributed by atoms with van der Waals surface area (Å²) in [6.45, 7) is 7.32. The zero-order valence-corrected chi connectivity index (χ0v) is 12.4. The molecule has 1 aromatic rings. The zero-order valence-electron chi connectivity index (χ0n) is 12.4. The van der Waals surface area contributed by atoms with Crippen LogP contribution < -0.4 is 0 Å². The summed E-state index contributed by atoms with van der Waals surface area (Å²) in [5.74, 6) is 0.335. The standard InChI is InChI=1S/C14H24N4O2/c1-3-5-14(13(19)20)6-8-17(9-7-14)10-12-15-11-16-18(12)4-2/h11H,3-10H2,1-2H3,(H,19,20). The Balaban J connectivity index is 1.95. The van der Waals surface area contributed by atoms with Crippen LogP contribution in [0.4, 0.5) is 0 Å². The summed E-state index contributed by atoms with van der Waals surface area (Å²) in [6, 6.07) is 0. The minimum absolute atomic E-state index is 0.510. The number of carboxylic acid groups (broad SMARTS) is 1. The number of likely N-dealkylation sites (tertiary alicyclic amines) is 1. The minimum Gasteiger partial charge on any atom is -0.481 e. The lowest BCUT2D eigenvalue weighted by molar-refractivity contribution is -0.152. The van der Waals surface area contributed by atoms with E-state index in [0.717, 1.165) is 57.7 Å². The number of aromatic nitrogens is 3. The van der Waals surface area contributed by atoms with Crippen LogP contribution in [-0.2, 0) is 17.9 Å². The Kier molecular flexibility index (Phi) is 4.75. The first-order valence-electron chi connectivity index (χ1n) is 7.43. The Morgan fingerprint density at radius 2 is 2.10 bits per heavy atom. The molecule has 112 valence electrons. The number of rotatable bonds is 6. The summed E-state index contributed by atoms with van der Waals surface area (Å²) in [5.41, 5.74) is -0.510. The van der Waals surface area contributed by atoms with Crippen molar-refractivity contribution in [2.24, 2.45) is 5.41 Å². The Bertz CT molecular complexity index is 450. The number of piperidine rings is 1. The van der Waals surface area contributed by atoms with Crippen LogP contribution in [0.3, 0.4) is 0 Å². The third-order valence-electron chi connectivity index (χ3n) is 4.36. The van der Waals surface area contributed by atoms with Gasteiger partial charge in [-0.3, -0.25) is 9.69 Å². The Morgan fingerprint density at radius 3 is 2.65 bits per heavy atom. The molecule has 1 fully saturated rings. The molecule has 0 radical (unpaired) electrons. The van der Waals surface area contributed by atoms with Crippen molar-refractivity contribution < 1.29 is 9.90 Å². The van der Waals surface area contributed by atoms with Gasteiger partial charge >= 0.3 is 5.97 Å². The summed E-state index contributed by atoms with van der Waals surface area (Å²) in [4.78, 5) is 18.1. The van der Waals surface area contributed by atoms with Crippen LogP contribution in [0.2, 0.25) is 0 Å². The summed E-state index contributed by atoms with van der Waals surface area (Å²) >= 11 is 0. The van der Waals surface area contributed by atoms with Gasteiger partial charge in [-0.05, 0) is 39.3 Å². The second-order valence-electron chi connectivity index (χ2n) is 5.60. The molecule has 0 unspecified atom stereocenters. The monoisotopic (exact) mass is 280 g/mol. The number of carbonyl (C=O) groups is 1. The van der Waals surface area contributed by atoms with Gasteiger partial charge in [-0.15, -0.1) is 0 Å². The van der Waals surface area contributed by atoms with Crippen molar-refractivity contribution in [3.8, 4) is 0 Å². The van der Waals surface area contributed by atoms with Crippen molar-refractivity contribution >= 4 is 5.97 Å². The minimum atomic E-state index is -0.629. The molecule has 1 aliphatic rings. The second-order valence-corrected chi connectivity index (χ2v) is 5.60. The highest BCUT2D eigenvalue weighted by atomic mass is 16.4. The van der Waals surface area contributed by atoms with Crippen molar-refractivity contribution in [1.29, 1.82) is 0 Å². The highest BCUT2D eigenvalue weighted by molar-refractivity contribution is 5.74. The largest absolute Gasteiger partial charge is 0.481 e. The molecular formula is C14H24N4O2. The fourth-order valence-corrected chi connectivity index (χ4v) is 3.06. The molecule has 2 rings (SSSR count). The van der Waals surface area contributed by atoms with Crippen LogP contribution in [0, 0.1) is 5.41 Å². The average molecular weight is 280 g/mol. The van der Waals surface area contributed by atoms with Crippen molar-refractivity contribution in [3.05, 3.63) is 12.2 Å². The number of aliphatic carboxylic acids is 1. The van der Waals surface area contributed by atoms with Gasteiger partial charge in [0.05, 0.1) is 12.0 Å². The lowest BCUT2D eigenvalue weighted by Gasteiger charge is -2.38. The van der Waals surface area contributed by atoms with E-state index in [0.29, 0.717) is 0 Å². The predicted molar refractivity (Wildman–Crippen MR) is 75.2 cm³/mol. The smallest absolute Gasteiger partial charge is 0.309 e. The molecule has 0 aromatic carbocycles. The predicted octanol–water partition coefficient (Wildman–Crippen LogP) is 1.76. The van der Waals surface area contributed by atoms with Crippen molar-refractivity contribution in [2.45, 2.75) is 52.6 Å². The molecule has 0 aliphatic carbocycles. The molecule has 1 saturated heterocycles. The molecule has 0 spiro atoms. The van der Waals surface area contributed by atoms with Gasteiger partial charge < -0.3 is 5.11 Å². The quantitative estimate of drug-likeness (QED) is 0.859. The number of hydrogen-bond donors (Lipinski definition) is 1. The van der Waals surface area contributed by atoms with E-state index in [1.807, 2.05) is 11.6 Å². The molecule has 2 heterocycles. The number of hydrogen-bond acceptors (Lipinski definition) is 4. The van der Waals surface area contributed by atoms with E-state index < -0.39 is 11.4 Å². The van der Waals surface area contributed by atoms with E-state index in [4.69, 9.17) is 0 Å². The Labute approximate surface area is 119 Å². The third kappa shape index (κ3) is 3.00. The van der Waals surface area contributed by atoms with Gasteiger partial charge in [-0.1, -0.05) is 13.3 Å². The molecule has 0 amide bonds. The normalized spacial score (nSPS) is 19.1. The van der Waals surface area contributed by atoms with Gasteiger partial charge in [0.15, 0.2) is 0 Å². The molecule has 6 nitrogen and oxygen atoms in total. The van der Waals surface area contributed by atoms with E-state index >= 15 is 0 Å². The summed E-state index contributed by atoms with van der Waals surface area (Å²) in [6.07, 6.45) is 4.76. The number of nitrogens with zero attached hydrogens (tertiary/aromatic N) is 4. The van der Waals surface area contributed by atoms with Crippen LogP contribution in [0.25, 0.3) is 0 Å². The first-order chi connectivity index (χ1) is 9.61. The maximum Gasteiger partial charge on any atom is 0.309 e. The summed E-state index contributed by atoms with van der Waals surface area (Å²) in [7, 11) is 0. The van der Waals surface area contributed by atoms with Gasteiger partial charge in [0.25, 0.3) is 0 Å². The molecular weight excluding hydrogens is 256 g/mol. The first kappa shape index (κ1) is 15.0. The Hall–Kier alpha value is -1.43. The van der Waals surface area contributed by atoms with Crippen molar-refractivity contribution in [3.63, 3.8) is 0 Å². The number of aryl methyl sites for hydroxylation is 1. The van der Waals surface area contributed by atoms with Crippen LogP contribution in [0.5, 0.6) is 0 Å². The highest BCUT2D eigenvalue weighted by Gasteiger charge is 2.40. The fraction of sp³-hybridized carbons (Fsp3) is 0.786. The Morgan fingerprint density at radius 1 is 1.40 bits per heavy atom. The second kappa shape index (κ2) is 6.35. The highest BCUT2D eigenvalue weighted by Crippen LogP contribution is 2.36. The SMILES string of the molecule is CCCC1(C(=O)O)CCN(Cc2ncnn2CC)CC1. The average Bonchev–Trinajstić information content (AvgIpc) is 2.88. The van der Waals surface area contributed by atoms with Gasteiger partial charge in [-0.2, -0.15) is 5.10 Å². The van der Waals surface area contributed by atoms with Crippen molar-refractivity contribution in [1.82, 2.24) is 19.7 Å². The van der Waals surface area contributed by atoms with E-state index in [2.05, 4.69) is 21.9 Å². The zero-order chi connectivity index (χ0) is 14.6. The first-order valence-corrected chi connectivity index (χ1v) is 7.43. The van der Waals surface area contributed by atoms with Gasteiger partial charge in [-0.25, -0.2) is 9.67 Å². The molecule has 20 heavy (non-hydrogen) atoms. The summed E-state index contributed by atoms with van der Waals surface area (Å²) in [5, 5.41) is 13.7. The molecule has 0 atom stereocenters. The van der Waals surface area contributed by atoms with Crippen LogP contribution in [-0.4, -0.2) is 43.8 Å². The molecule has 0 bridgehead atoms. The van der Waals surface area contributed by atoms with E-state index in [-0.39, 0.29) is 0 Å². The molecule has 1 N–H and O–H groups in total. The molecule has 1 aromatic heterocycles. The topological polar surface area (TPSA) is 71.2 Å². The van der Waals surface area contributed by atoms with Crippen molar-refractivity contribution in [2.75, 3.05) is 13.1 Å². The maximum absolute atomic E-state index is 11.5. The number of carboxylic acids is 1. The van der Waals surface area contributed by atoms with Crippen LogP contribution in [0.1, 0.15) is 45.4 Å². The summed E-state index contributed by atoms with van der Waals surface area (Å²) < 4.78 is 1.89. The van der Waals surface area contributed by atoms with E-state index in [1.165, 1.54) is 0 Å². The van der Waals surface area contributed by atoms with Gasteiger partial charge in [0.2, 0.25) is 0 Å². The molecule has 6 heteroatoms. The van der Waals surface area contributed by atoms with E-state index in [9.17, 15) is 9.90 Å².